The van der Waals surface area contributed by atoms with E-state index < -0.39 is 17.5 Å². The van der Waals surface area contributed by atoms with Gasteiger partial charge >= 0.3 is 5.97 Å². The minimum atomic E-state index is -1.54. The fraction of sp³-hybridized carbons (Fsp3) is 0.211. The zero-order chi connectivity index (χ0) is 17.3. The highest BCUT2D eigenvalue weighted by molar-refractivity contribution is 7.98. The highest BCUT2D eigenvalue weighted by Gasteiger charge is 2.47. The van der Waals surface area contributed by atoms with Crippen LogP contribution in [0.5, 0.6) is 0 Å². The predicted octanol–water partition coefficient (Wildman–Crippen LogP) is 4.37. The van der Waals surface area contributed by atoms with Gasteiger partial charge in [0.2, 0.25) is 0 Å². The first-order chi connectivity index (χ1) is 11.4. The van der Waals surface area contributed by atoms with Gasteiger partial charge in [0.1, 0.15) is 17.3 Å². The zero-order valence-corrected chi connectivity index (χ0v) is 14.9. The van der Waals surface area contributed by atoms with Gasteiger partial charge in [0.25, 0.3) is 0 Å². The first kappa shape index (κ1) is 17.1. The molecule has 1 N–H and O–H groups in total. The fourth-order valence-electron chi connectivity index (χ4n) is 2.95. The SMILES string of the molecule is CSc1ccc(C(O)(c2cccc(Cl)c2)C2C=C(C)OC2=O)cc1. The maximum atomic E-state index is 12.3. The summed E-state index contributed by atoms with van der Waals surface area (Å²) in [5.41, 5.74) is -0.369. The molecule has 1 aliphatic heterocycles. The lowest BCUT2D eigenvalue weighted by Crippen LogP contribution is -2.38. The Morgan fingerprint density at radius 2 is 1.88 bits per heavy atom. The smallest absolute Gasteiger partial charge is 0.321 e. The molecule has 0 aromatic heterocycles. The van der Waals surface area contributed by atoms with Crippen LogP contribution < -0.4 is 0 Å². The van der Waals surface area contributed by atoms with Gasteiger partial charge in [-0.3, -0.25) is 4.79 Å². The van der Waals surface area contributed by atoms with Crippen LogP contribution in [-0.4, -0.2) is 17.3 Å². The minimum Gasteiger partial charge on any atom is -0.431 e. The molecule has 2 unspecified atom stereocenters. The molecule has 2 aromatic rings. The van der Waals surface area contributed by atoms with E-state index in [4.69, 9.17) is 16.3 Å². The van der Waals surface area contributed by atoms with E-state index in [0.29, 0.717) is 21.9 Å². The Hall–Kier alpha value is -1.75. The second-order valence-corrected chi connectivity index (χ2v) is 7.00. The van der Waals surface area contributed by atoms with Gasteiger partial charge in [0.05, 0.1) is 0 Å². The Morgan fingerprint density at radius 1 is 1.17 bits per heavy atom. The van der Waals surface area contributed by atoms with Crippen molar-refractivity contribution in [1.82, 2.24) is 0 Å². The van der Waals surface area contributed by atoms with Gasteiger partial charge in [-0.05, 0) is 54.6 Å². The summed E-state index contributed by atoms with van der Waals surface area (Å²) in [4.78, 5) is 13.4. The van der Waals surface area contributed by atoms with E-state index in [9.17, 15) is 9.90 Å². The molecule has 0 bridgehead atoms. The van der Waals surface area contributed by atoms with Crippen molar-refractivity contribution in [3.63, 3.8) is 0 Å². The average molecular weight is 361 g/mol. The fourth-order valence-corrected chi connectivity index (χ4v) is 3.55. The van der Waals surface area contributed by atoms with E-state index in [1.165, 1.54) is 0 Å². The number of allylic oxidation sites excluding steroid dienone is 1. The first-order valence-electron chi connectivity index (χ1n) is 7.48. The van der Waals surface area contributed by atoms with Crippen LogP contribution in [0, 0.1) is 5.92 Å². The molecule has 0 amide bonds. The molecule has 0 aliphatic carbocycles. The molecule has 0 radical (unpaired) electrons. The van der Waals surface area contributed by atoms with E-state index in [0.717, 1.165) is 4.90 Å². The topological polar surface area (TPSA) is 46.5 Å². The first-order valence-corrected chi connectivity index (χ1v) is 9.08. The minimum absolute atomic E-state index is 0.469. The number of hydrogen-bond donors (Lipinski definition) is 1. The molecular weight excluding hydrogens is 344 g/mol. The molecule has 124 valence electrons. The van der Waals surface area contributed by atoms with Crippen molar-refractivity contribution in [1.29, 1.82) is 0 Å². The summed E-state index contributed by atoms with van der Waals surface area (Å²) in [5.74, 6) is -0.800. The number of ether oxygens (including phenoxy) is 1. The van der Waals surface area contributed by atoms with Gasteiger partial charge in [0, 0.05) is 9.92 Å². The highest BCUT2D eigenvalue weighted by Crippen LogP contribution is 2.42. The number of carbonyl (C=O) groups excluding carboxylic acids is 1. The maximum absolute atomic E-state index is 12.3. The van der Waals surface area contributed by atoms with Gasteiger partial charge in [-0.2, -0.15) is 0 Å². The molecule has 0 saturated carbocycles. The summed E-state index contributed by atoms with van der Waals surface area (Å²) >= 11 is 7.73. The van der Waals surface area contributed by atoms with Crippen molar-refractivity contribution < 1.29 is 14.6 Å². The third kappa shape index (κ3) is 2.97. The van der Waals surface area contributed by atoms with Gasteiger partial charge < -0.3 is 9.84 Å². The van der Waals surface area contributed by atoms with Crippen molar-refractivity contribution in [2.75, 3.05) is 6.26 Å². The van der Waals surface area contributed by atoms with Crippen LogP contribution in [0.2, 0.25) is 5.02 Å². The predicted molar refractivity (Wildman–Crippen MR) is 96.0 cm³/mol. The summed E-state index contributed by atoms with van der Waals surface area (Å²) in [6, 6.07) is 14.5. The number of cyclic esters (lactones) is 1. The van der Waals surface area contributed by atoms with E-state index >= 15 is 0 Å². The van der Waals surface area contributed by atoms with Crippen molar-refractivity contribution >= 4 is 29.3 Å². The summed E-state index contributed by atoms with van der Waals surface area (Å²) in [7, 11) is 0. The Balaban J connectivity index is 2.18. The van der Waals surface area contributed by atoms with E-state index in [1.807, 2.05) is 30.5 Å². The Kier molecular flexibility index (Phi) is 4.72. The van der Waals surface area contributed by atoms with Crippen LogP contribution in [0.1, 0.15) is 18.1 Å². The molecule has 5 heteroatoms. The van der Waals surface area contributed by atoms with Crippen molar-refractivity contribution in [3.05, 3.63) is 76.5 Å². The van der Waals surface area contributed by atoms with Crippen LogP contribution in [0.3, 0.4) is 0 Å². The second-order valence-electron chi connectivity index (χ2n) is 5.68. The molecule has 24 heavy (non-hydrogen) atoms. The lowest BCUT2D eigenvalue weighted by Gasteiger charge is -2.32. The van der Waals surface area contributed by atoms with Crippen molar-refractivity contribution in [2.45, 2.75) is 17.4 Å². The lowest BCUT2D eigenvalue weighted by atomic mass is 9.76. The van der Waals surface area contributed by atoms with Crippen molar-refractivity contribution in [3.8, 4) is 0 Å². The lowest BCUT2D eigenvalue weighted by molar-refractivity contribution is -0.146. The quantitative estimate of drug-likeness (QED) is 0.649. The highest BCUT2D eigenvalue weighted by atomic mass is 35.5. The number of hydrogen-bond acceptors (Lipinski definition) is 4. The average Bonchev–Trinajstić information content (AvgIpc) is 2.93. The molecule has 3 rings (SSSR count). The van der Waals surface area contributed by atoms with E-state index in [1.54, 1.807) is 49.0 Å². The Labute approximate surface area is 150 Å². The summed E-state index contributed by atoms with van der Waals surface area (Å²) < 4.78 is 5.16. The Bertz CT molecular complexity index is 801. The molecule has 3 nitrogen and oxygen atoms in total. The van der Waals surface area contributed by atoms with E-state index in [2.05, 4.69) is 0 Å². The normalized spacial score (nSPS) is 19.6. The van der Waals surface area contributed by atoms with Crippen LogP contribution in [0.15, 0.2) is 65.3 Å². The number of rotatable bonds is 4. The monoisotopic (exact) mass is 360 g/mol. The molecule has 1 heterocycles. The number of halogens is 1. The van der Waals surface area contributed by atoms with Crippen LogP contribution in [-0.2, 0) is 15.1 Å². The van der Waals surface area contributed by atoms with Crippen LogP contribution in [0.4, 0.5) is 0 Å². The molecule has 2 aromatic carbocycles. The maximum Gasteiger partial charge on any atom is 0.321 e. The van der Waals surface area contributed by atoms with Crippen LogP contribution in [0.25, 0.3) is 0 Å². The third-order valence-electron chi connectivity index (χ3n) is 4.16. The largest absolute Gasteiger partial charge is 0.431 e. The van der Waals surface area contributed by atoms with Crippen LogP contribution >= 0.6 is 23.4 Å². The number of benzene rings is 2. The van der Waals surface area contributed by atoms with Crippen molar-refractivity contribution in [2.24, 2.45) is 5.92 Å². The second kappa shape index (κ2) is 6.63. The summed E-state index contributed by atoms with van der Waals surface area (Å²) in [6.07, 6.45) is 3.64. The van der Waals surface area contributed by atoms with E-state index in [-0.39, 0.29) is 0 Å². The molecule has 0 spiro atoms. The summed E-state index contributed by atoms with van der Waals surface area (Å²) in [5, 5.41) is 12.1. The third-order valence-corrected chi connectivity index (χ3v) is 5.14. The van der Waals surface area contributed by atoms with Gasteiger partial charge in [0.15, 0.2) is 0 Å². The van der Waals surface area contributed by atoms with Gasteiger partial charge in [-0.1, -0.05) is 35.9 Å². The number of esters is 1. The number of carbonyl (C=O) groups is 1. The zero-order valence-electron chi connectivity index (χ0n) is 13.3. The number of aliphatic hydroxyl groups is 1. The molecule has 0 fully saturated rings. The Morgan fingerprint density at radius 3 is 2.42 bits per heavy atom. The molecule has 1 aliphatic rings. The standard InChI is InChI=1S/C19H17ClO3S/c1-12-10-17(18(21)23-12)19(22,14-4-3-5-15(20)11-14)13-6-8-16(24-2)9-7-13/h3-11,17,22H,1-2H3. The molecular formula is C19H17ClO3S. The molecule has 2 atom stereocenters. The van der Waals surface area contributed by atoms with Gasteiger partial charge in [-0.15, -0.1) is 11.8 Å². The number of thioether (sulfide) groups is 1. The molecule has 0 saturated heterocycles. The summed E-state index contributed by atoms with van der Waals surface area (Å²) in [6.45, 7) is 1.70. The van der Waals surface area contributed by atoms with Gasteiger partial charge in [-0.25, -0.2) is 0 Å².